The van der Waals surface area contributed by atoms with Crippen LogP contribution < -0.4 is 11.1 Å². The van der Waals surface area contributed by atoms with Gasteiger partial charge in [0.25, 0.3) is 0 Å². The zero-order valence-corrected chi connectivity index (χ0v) is 9.12. The summed E-state index contributed by atoms with van der Waals surface area (Å²) in [7, 11) is 0. The summed E-state index contributed by atoms with van der Waals surface area (Å²) in [4.78, 5) is 0. The summed E-state index contributed by atoms with van der Waals surface area (Å²) in [5.41, 5.74) is 8.92. The van der Waals surface area contributed by atoms with Gasteiger partial charge in [-0.2, -0.15) is 0 Å². The van der Waals surface area contributed by atoms with Gasteiger partial charge in [0.15, 0.2) is 0 Å². The SMILES string of the molecule is Cc1ccc(NCC2CCCO2)c(N)c1. The second-order valence-corrected chi connectivity index (χ2v) is 4.11. The minimum absolute atomic E-state index is 0.353. The van der Waals surface area contributed by atoms with Crippen LogP contribution in [0.2, 0.25) is 0 Å². The lowest BCUT2D eigenvalue weighted by Crippen LogP contribution is -2.18. The van der Waals surface area contributed by atoms with Gasteiger partial charge >= 0.3 is 0 Å². The first-order chi connectivity index (χ1) is 7.25. The average Bonchev–Trinajstić information content (AvgIpc) is 2.69. The molecule has 82 valence electrons. The van der Waals surface area contributed by atoms with E-state index in [0.29, 0.717) is 6.10 Å². The van der Waals surface area contributed by atoms with Gasteiger partial charge in [0.1, 0.15) is 0 Å². The predicted molar refractivity (Wildman–Crippen MR) is 63.1 cm³/mol. The van der Waals surface area contributed by atoms with Crippen LogP contribution in [0.4, 0.5) is 11.4 Å². The van der Waals surface area contributed by atoms with E-state index in [9.17, 15) is 0 Å². The number of rotatable bonds is 3. The van der Waals surface area contributed by atoms with Crippen LogP contribution in [0.15, 0.2) is 18.2 Å². The molecule has 1 atom stereocenters. The Kier molecular flexibility index (Phi) is 3.11. The Labute approximate surface area is 90.6 Å². The zero-order valence-electron chi connectivity index (χ0n) is 9.12. The summed E-state index contributed by atoms with van der Waals surface area (Å²) in [6.45, 7) is 3.79. The van der Waals surface area contributed by atoms with Gasteiger partial charge in [-0.3, -0.25) is 0 Å². The highest BCUT2D eigenvalue weighted by atomic mass is 16.5. The number of nitrogen functional groups attached to an aromatic ring is 1. The molecule has 0 aromatic heterocycles. The van der Waals surface area contributed by atoms with E-state index in [4.69, 9.17) is 10.5 Å². The van der Waals surface area contributed by atoms with Crippen molar-refractivity contribution in [3.05, 3.63) is 23.8 Å². The average molecular weight is 206 g/mol. The topological polar surface area (TPSA) is 47.3 Å². The van der Waals surface area contributed by atoms with Crippen molar-refractivity contribution in [2.24, 2.45) is 0 Å². The third kappa shape index (κ3) is 2.63. The second-order valence-electron chi connectivity index (χ2n) is 4.11. The summed E-state index contributed by atoms with van der Waals surface area (Å²) in [5, 5.41) is 3.33. The summed E-state index contributed by atoms with van der Waals surface area (Å²) in [5.74, 6) is 0. The van der Waals surface area contributed by atoms with E-state index < -0.39 is 0 Å². The number of nitrogens with one attached hydrogen (secondary N) is 1. The molecule has 1 aliphatic heterocycles. The van der Waals surface area contributed by atoms with Crippen molar-refractivity contribution in [3.63, 3.8) is 0 Å². The van der Waals surface area contributed by atoms with Gasteiger partial charge in [-0.05, 0) is 37.5 Å². The van der Waals surface area contributed by atoms with Crippen LogP contribution >= 0.6 is 0 Å². The Balaban J connectivity index is 1.92. The maximum atomic E-state index is 5.90. The van der Waals surface area contributed by atoms with Crippen LogP contribution in [-0.2, 0) is 4.74 Å². The predicted octanol–water partition coefficient (Wildman–Crippen LogP) is 2.17. The van der Waals surface area contributed by atoms with E-state index in [1.807, 2.05) is 19.1 Å². The maximum absolute atomic E-state index is 5.90. The molecule has 0 bridgehead atoms. The zero-order chi connectivity index (χ0) is 10.7. The van der Waals surface area contributed by atoms with Crippen molar-refractivity contribution < 1.29 is 4.74 Å². The highest BCUT2D eigenvalue weighted by Gasteiger charge is 2.14. The molecule has 3 heteroatoms. The van der Waals surface area contributed by atoms with Crippen molar-refractivity contribution in [2.75, 3.05) is 24.2 Å². The molecule has 0 saturated carbocycles. The van der Waals surface area contributed by atoms with Gasteiger partial charge in [0.05, 0.1) is 17.5 Å². The molecule has 0 aliphatic carbocycles. The fourth-order valence-electron chi connectivity index (χ4n) is 1.87. The Bertz CT molecular complexity index is 332. The molecule has 3 nitrogen and oxygen atoms in total. The van der Waals surface area contributed by atoms with Crippen LogP contribution in [0.3, 0.4) is 0 Å². The van der Waals surface area contributed by atoms with Gasteiger partial charge in [-0.1, -0.05) is 6.07 Å². The normalized spacial score (nSPS) is 20.5. The summed E-state index contributed by atoms with van der Waals surface area (Å²) >= 11 is 0. The lowest BCUT2D eigenvalue weighted by molar-refractivity contribution is 0.120. The fraction of sp³-hybridized carbons (Fsp3) is 0.500. The summed E-state index contributed by atoms with van der Waals surface area (Å²) in [6, 6.07) is 6.08. The maximum Gasteiger partial charge on any atom is 0.0748 e. The molecule has 15 heavy (non-hydrogen) atoms. The van der Waals surface area contributed by atoms with E-state index in [0.717, 1.165) is 30.9 Å². The molecule has 1 aliphatic rings. The molecule has 1 fully saturated rings. The number of nitrogens with two attached hydrogens (primary N) is 1. The van der Waals surface area contributed by atoms with Gasteiger partial charge in [0, 0.05) is 13.2 Å². The molecular weight excluding hydrogens is 188 g/mol. The molecule has 1 aromatic carbocycles. The van der Waals surface area contributed by atoms with Gasteiger partial charge in [0.2, 0.25) is 0 Å². The van der Waals surface area contributed by atoms with Gasteiger partial charge in [-0.15, -0.1) is 0 Å². The molecule has 0 spiro atoms. The van der Waals surface area contributed by atoms with E-state index in [-0.39, 0.29) is 0 Å². The van der Waals surface area contributed by atoms with Crippen LogP contribution in [0.5, 0.6) is 0 Å². The Morgan fingerprint density at radius 3 is 3.07 bits per heavy atom. The highest BCUT2D eigenvalue weighted by Crippen LogP contribution is 2.20. The van der Waals surface area contributed by atoms with E-state index in [1.165, 1.54) is 12.0 Å². The number of aryl methyl sites for hydroxylation is 1. The van der Waals surface area contributed by atoms with Crippen molar-refractivity contribution in [1.82, 2.24) is 0 Å². The van der Waals surface area contributed by atoms with Crippen LogP contribution in [0.25, 0.3) is 0 Å². The lowest BCUT2D eigenvalue weighted by atomic mass is 10.2. The quantitative estimate of drug-likeness (QED) is 0.745. The first-order valence-electron chi connectivity index (χ1n) is 5.47. The Hall–Kier alpha value is -1.22. The number of anilines is 2. The number of hydrogen-bond acceptors (Lipinski definition) is 3. The standard InChI is InChI=1S/C12H18N2O/c1-9-4-5-12(11(13)7-9)14-8-10-3-2-6-15-10/h4-5,7,10,14H,2-3,6,8,13H2,1H3. The van der Waals surface area contributed by atoms with Crippen molar-refractivity contribution in [3.8, 4) is 0 Å². The fourth-order valence-corrected chi connectivity index (χ4v) is 1.87. The number of ether oxygens (including phenoxy) is 1. The second kappa shape index (κ2) is 4.53. The van der Waals surface area contributed by atoms with Crippen molar-refractivity contribution in [1.29, 1.82) is 0 Å². The first kappa shape index (κ1) is 10.3. The smallest absolute Gasteiger partial charge is 0.0748 e. The highest BCUT2D eigenvalue weighted by molar-refractivity contribution is 5.66. The van der Waals surface area contributed by atoms with Crippen molar-refractivity contribution in [2.45, 2.75) is 25.9 Å². The largest absolute Gasteiger partial charge is 0.397 e. The van der Waals surface area contributed by atoms with E-state index in [1.54, 1.807) is 0 Å². The van der Waals surface area contributed by atoms with Crippen molar-refractivity contribution >= 4 is 11.4 Å². The molecule has 1 saturated heterocycles. The Morgan fingerprint density at radius 1 is 1.53 bits per heavy atom. The minimum atomic E-state index is 0.353. The third-order valence-electron chi connectivity index (χ3n) is 2.75. The number of benzene rings is 1. The number of hydrogen-bond donors (Lipinski definition) is 2. The van der Waals surface area contributed by atoms with Gasteiger partial charge < -0.3 is 15.8 Å². The van der Waals surface area contributed by atoms with Crippen LogP contribution in [0, 0.1) is 6.92 Å². The monoisotopic (exact) mass is 206 g/mol. The molecule has 0 radical (unpaired) electrons. The minimum Gasteiger partial charge on any atom is -0.397 e. The molecule has 2 rings (SSSR count). The summed E-state index contributed by atoms with van der Waals surface area (Å²) in [6.07, 6.45) is 2.68. The van der Waals surface area contributed by atoms with Gasteiger partial charge in [-0.25, -0.2) is 0 Å². The molecule has 0 amide bonds. The van der Waals surface area contributed by atoms with E-state index >= 15 is 0 Å². The third-order valence-corrected chi connectivity index (χ3v) is 2.75. The van der Waals surface area contributed by atoms with Crippen LogP contribution in [0.1, 0.15) is 18.4 Å². The van der Waals surface area contributed by atoms with Crippen LogP contribution in [-0.4, -0.2) is 19.3 Å². The summed E-state index contributed by atoms with van der Waals surface area (Å²) < 4.78 is 5.53. The first-order valence-corrected chi connectivity index (χ1v) is 5.47. The molecule has 1 heterocycles. The molecular formula is C12H18N2O. The molecule has 1 aromatic rings. The lowest BCUT2D eigenvalue weighted by Gasteiger charge is -2.13. The molecule has 1 unspecified atom stereocenters. The molecule has 3 N–H and O–H groups in total. The Morgan fingerprint density at radius 2 is 2.40 bits per heavy atom. The van der Waals surface area contributed by atoms with E-state index in [2.05, 4.69) is 11.4 Å².